The molecule has 0 aliphatic carbocycles. The van der Waals surface area contributed by atoms with Gasteiger partial charge in [0.15, 0.2) is 0 Å². The number of nitrogens with zero attached hydrogens (tertiary/aromatic N) is 2. The van der Waals surface area contributed by atoms with Crippen LogP contribution >= 0.6 is 11.6 Å². The number of hydrogen-bond acceptors (Lipinski definition) is 3. The number of rotatable bonds is 8. The summed E-state index contributed by atoms with van der Waals surface area (Å²) in [5.41, 5.74) is 2.06. The highest BCUT2D eigenvalue weighted by molar-refractivity contribution is 7.89. The van der Waals surface area contributed by atoms with Crippen molar-refractivity contribution in [3.63, 3.8) is 0 Å². The summed E-state index contributed by atoms with van der Waals surface area (Å²) in [6.45, 7) is 2.29. The van der Waals surface area contributed by atoms with E-state index in [-0.39, 0.29) is 5.91 Å². The van der Waals surface area contributed by atoms with Crippen LogP contribution in [0.15, 0.2) is 59.6 Å². The molecular formula is C25H30ClN3O3S. The second-order valence-corrected chi connectivity index (χ2v) is 10.9. The van der Waals surface area contributed by atoms with Crippen molar-refractivity contribution in [3.05, 3.63) is 65.3 Å². The third kappa shape index (κ3) is 5.96. The van der Waals surface area contributed by atoms with Crippen LogP contribution in [-0.4, -0.2) is 42.8 Å². The van der Waals surface area contributed by atoms with Crippen LogP contribution in [0.5, 0.6) is 0 Å². The summed E-state index contributed by atoms with van der Waals surface area (Å²) in [4.78, 5) is 12.6. The fourth-order valence-corrected chi connectivity index (χ4v) is 5.95. The van der Waals surface area contributed by atoms with Crippen LogP contribution in [0.25, 0.3) is 10.9 Å². The molecule has 1 aromatic heterocycles. The van der Waals surface area contributed by atoms with Crippen molar-refractivity contribution in [3.8, 4) is 0 Å². The van der Waals surface area contributed by atoms with Crippen LogP contribution in [0, 0.1) is 0 Å². The van der Waals surface area contributed by atoms with Gasteiger partial charge in [-0.2, -0.15) is 4.31 Å². The monoisotopic (exact) mass is 487 g/mol. The van der Waals surface area contributed by atoms with Gasteiger partial charge in [0.2, 0.25) is 15.9 Å². The van der Waals surface area contributed by atoms with Gasteiger partial charge in [-0.1, -0.05) is 36.6 Å². The molecule has 8 heteroatoms. The van der Waals surface area contributed by atoms with Gasteiger partial charge in [0.1, 0.15) is 0 Å². The highest BCUT2D eigenvalue weighted by Gasteiger charge is 2.25. The van der Waals surface area contributed by atoms with Crippen molar-refractivity contribution in [2.75, 3.05) is 19.6 Å². The summed E-state index contributed by atoms with van der Waals surface area (Å²) < 4.78 is 29.8. The van der Waals surface area contributed by atoms with E-state index >= 15 is 0 Å². The third-order valence-corrected chi connectivity index (χ3v) is 8.32. The number of carbonyl (C=O) groups is 1. The first kappa shape index (κ1) is 23.8. The highest BCUT2D eigenvalue weighted by atomic mass is 35.5. The summed E-state index contributed by atoms with van der Waals surface area (Å²) in [5.74, 6) is -0.00817. The normalized spacial score (nSPS) is 15.4. The van der Waals surface area contributed by atoms with Crippen molar-refractivity contribution in [1.82, 2.24) is 14.2 Å². The zero-order valence-corrected chi connectivity index (χ0v) is 20.2. The summed E-state index contributed by atoms with van der Waals surface area (Å²) in [5, 5.41) is 4.53. The number of halogens is 1. The lowest BCUT2D eigenvalue weighted by atomic mass is 10.1. The Balaban J connectivity index is 1.34. The van der Waals surface area contributed by atoms with Crippen molar-refractivity contribution < 1.29 is 13.2 Å². The Morgan fingerprint density at radius 3 is 2.42 bits per heavy atom. The number of sulfonamides is 1. The Morgan fingerprint density at radius 2 is 1.70 bits per heavy atom. The van der Waals surface area contributed by atoms with Gasteiger partial charge in [-0.05, 0) is 61.2 Å². The first-order chi connectivity index (χ1) is 15.9. The molecule has 0 spiro atoms. The maximum absolute atomic E-state index is 13.1. The molecule has 4 rings (SSSR count). The van der Waals surface area contributed by atoms with E-state index in [1.54, 1.807) is 16.4 Å². The largest absolute Gasteiger partial charge is 0.356 e. The lowest BCUT2D eigenvalue weighted by molar-refractivity contribution is -0.121. The molecule has 176 valence electrons. The van der Waals surface area contributed by atoms with E-state index in [1.807, 2.05) is 47.2 Å². The molecule has 33 heavy (non-hydrogen) atoms. The van der Waals surface area contributed by atoms with Gasteiger partial charge >= 0.3 is 0 Å². The lowest BCUT2D eigenvalue weighted by Crippen LogP contribution is -2.31. The number of aryl methyl sites for hydroxylation is 1. The zero-order valence-electron chi connectivity index (χ0n) is 18.7. The first-order valence-electron chi connectivity index (χ1n) is 11.5. The van der Waals surface area contributed by atoms with Crippen molar-refractivity contribution in [2.45, 2.75) is 50.0 Å². The molecule has 2 aromatic carbocycles. The van der Waals surface area contributed by atoms with Gasteiger partial charge < -0.3 is 9.88 Å². The topological polar surface area (TPSA) is 71.4 Å². The van der Waals surface area contributed by atoms with Gasteiger partial charge in [-0.3, -0.25) is 4.79 Å². The van der Waals surface area contributed by atoms with Gasteiger partial charge in [0, 0.05) is 54.7 Å². The molecule has 0 atom stereocenters. The number of aromatic nitrogens is 1. The Kier molecular flexibility index (Phi) is 7.73. The molecule has 1 aliphatic rings. The molecule has 2 heterocycles. The van der Waals surface area contributed by atoms with Crippen molar-refractivity contribution in [1.29, 1.82) is 0 Å². The van der Waals surface area contributed by atoms with Crippen LogP contribution < -0.4 is 5.32 Å². The first-order valence-corrected chi connectivity index (χ1v) is 13.4. The third-order valence-electron chi connectivity index (χ3n) is 6.17. The predicted molar refractivity (Wildman–Crippen MR) is 132 cm³/mol. The van der Waals surface area contributed by atoms with Gasteiger partial charge in [-0.25, -0.2) is 8.42 Å². The highest BCUT2D eigenvalue weighted by Crippen LogP contribution is 2.25. The summed E-state index contributed by atoms with van der Waals surface area (Å²) in [6.07, 6.45) is 7.03. The molecule has 3 aromatic rings. The minimum atomic E-state index is -3.48. The van der Waals surface area contributed by atoms with Crippen molar-refractivity contribution in [2.24, 2.45) is 0 Å². The van der Waals surface area contributed by atoms with Crippen LogP contribution in [-0.2, 0) is 27.8 Å². The number of nitrogens with one attached hydrogen (secondary N) is 1. The average molecular weight is 488 g/mol. The second kappa shape index (κ2) is 10.7. The lowest BCUT2D eigenvalue weighted by Gasteiger charge is -2.20. The molecule has 1 N–H and O–H groups in total. The predicted octanol–water partition coefficient (Wildman–Crippen LogP) is 4.61. The smallest absolute Gasteiger partial charge is 0.243 e. The Hall–Kier alpha value is -2.35. The molecule has 1 aliphatic heterocycles. The standard InChI is InChI=1S/C25H30ClN3O3S/c26-22-7-5-20(6-8-22)11-14-27-25(30)13-18-28-17-12-21-19-23(9-10-24(21)28)33(31,32)29-15-3-1-2-4-16-29/h5-10,12,17,19H,1-4,11,13-16,18H2,(H,27,30). The summed E-state index contributed by atoms with van der Waals surface area (Å²) in [7, 11) is -3.48. The maximum Gasteiger partial charge on any atom is 0.243 e. The fraction of sp³-hybridized carbons (Fsp3) is 0.400. The molecular weight excluding hydrogens is 458 g/mol. The van der Waals surface area contributed by atoms with E-state index in [0.29, 0.717) is 42.5 Å². The Morgan fingerprint density at radius 1 is 0.970 bits per heavy atom. The van der Waals surface area contributed by atoms with Gasteiger partial charge in [0.25, 0.3) is 0 Å². The molecule has 1 fully saturated rings. The van der Waals surface area contributed by atoms with E-state index in [4.69, 9.17) is 11.6 Å². The number of amides is 1. The Labute approximate surface area is 200 Å². The molecule has 0 bridgehead atoms. The van der Waals surface area contributed by atoms with E-state index < -0.39 is 10.0 Å². The number of fused-ring (bicyclic) bond motifs is 1. The zero-order chi connectivity index (χ0) is 23.3. The summed E-state index contributed by atoms with van der Waals surface area (Å²) >= 11 is 5.90. The maximum atomic E-state index is 13.1. The van der Waals surface area contributed by atoms with E-state index in [2.05, 4.69) is 5.32 Å². The number of hydrogen-bond donors (Lipinski definition) is 1. The fourth-order valence-electron chi connectivity index (χ4n) is 4.27. The van der Waals surface area contributed by atoms with Gasteiger partial charge in [0.05, 0.1) is 4.90 Å². The van der Waals surface area contributed by atoms with Crippen LogP contribution in [0.4, 0.5) is 0 Å². The molecule has 0 unspecified atom stereocenters. The van der Waals surface area contributed by atoms with Gasteiger partial charge in [-0.15, -0.1) is 0 Å². The second-order valence-electron chi connectivity index (χ2n) is 8.52. The molecule has 0 saturated carbocycles. The van der Waals surface area contributed by atoms with Crippen LogP contribution in [0.1, 0.15) is 37.7 Å². The van der Waals surface area contributed by atoms with E-state index in [9.17, 15) is 13.2 Å². The number of benzene rings is 2. The van der Waals surface area contributed by atoms with E-state index in [1.165, 1.54) is 0 Å². The molecule has 6 nitrogen and oxygen atoms in total. The molecule has 1 saturated heterocycles. The van der Waals surface area contributed by atoms with Crippen molar-refractivity contribution >= 4 is 38.4 Å². The average Bonchev–Trinajstić information content (AvgIpc) is 3.01. The van der Waals surface area contributed by atoms with Crippen LogP contribution in [0.2, 0.25) is 5.02 Å². The number of carbonyl (C=O) groups excluding carboxylic acids is 1. The Bertz CT molecular complexity index is 1200. The minimum Gasteiger partial charge on any atom is -0.356 e. The molecule has 0 radical (unpaired) electrons. The quantitative estimate of drug-likeness (QED) is 0.504. The van der Waals surface area contributed by atoms with Crippen LogP contribution in [0.3, 0.4) is 0 Å². The molecule has 1 amide bonds. The van der Waals surface area contributed by atoms with E-state index in [0.717, 1.165) is 48.6 Å². The minimum absolute atomic E-state index is 0.00817. The summed E-state index contributed by atoms with van der Waals surface area (Å²) in [6, 6.07) is 14.8. The SMILES string of the molecule is O=C(CCn1ccc2cc(S(=O)(=O)N3CCCCCC3)ccc21)NCCc1ccc(Cl)cc1.